The summed E-state index contributed by atoms with van der Waals surface area (Å²) in [4.78, 5) is 43.5. The first-order valence-electron chi connectivity index (χ1n) is 10.6. The summed E-state index contributed by atoms with van der Waals surface area (Å²) in [5, 5.41) is 0. The van der Waals surface area contributed by atoms with Crippen LogP contribution in [0.5, 0.6) is 0 Å². The van der Waals surface area contributed by atoms with Crippen molar-refractivity contribution in [2.75, 3.05) is 32.7 Å². The SMILES string of the molecule is Cc1ccccc1CN1CCCN(C(=O)CN2C(=O)C3CC=CCC3C2=O)CC1. The summed E-state index contributed by atoms with van der Waals surface area (Å²) in [6.07, 6.45) is 6.05. The third-order valence-corrected chi connectivity index (χ3v) is 6.49. The van der Waals surface area contributed by atoms with Gasteiger partial charge in [-0.3, -0.25) is 24.2 Å². The zero-order valence-electron chi connectivity index (χ0n) is 17.0. The molecule has 2 atom stereocenters. The molecule has 154 valence electrons. The second kappa shape index (κ2) is 8.49. The molecule has 0 aromatic heterocycles. The highest BCUT2D eigenvalue weighted by Gasteiger charge is 2.47. The lowest BCUT2D eigenvalue weighted by atomic mass is 9.85. The van der Waals surface area contributed by atoms with Crippen LogP contribution in [0.3, 0.4) is 0 Å². The minimum absolute atomic E-state index is 0.109. The van der Waals surface area contributed by atoms with Crippen molar-refractivity contribution in [3.8, 4) is 0 Å². The number of nitrogens with zero attached hydrogens (tertiary/aromatic N) is 3. The highest BCUT2D eigenvalue weighted by atomic mass is 16.2. The van der Waals surface area contributed by atoms with Gasteiger partial charge >= 0.3 is 0 Å². The van der Waals surface area contributed by atoms with Gasteiger partial charge in [0.25, 0.3) is 0 Å². The molecule has 2 fully saturated rings. The molecule has 0 saturated carbocycles. The summed E-state index contributed by atoms with van der Waals surface area (Å²) in [5.41, 5.74) is 2.60. The van der Waals surface area contributed by atoms with E-state index in [1.54, 1.807) is 0 Å². The molecule has 1 aromatic carbocycles. The molecule has 2 saturated heterocycles. The standard InChI is InChI=1S/C23H29N3O3/c1-17-7-2-3-8-18(17)15-24-11-6-12-25(14-13-24)21(27)16-26-22(28)19-9-4-5-10-20(19)23(26)29/h2-5,7-8,19-20H,6,9-16H2,1H3. The van der Waals surface area contributed by atoms with Crippen LogP contribution in [0.2, 0.25) is 0 Å². The Bertz CT molecular complexity index is 808. The van der Waals surface area contributed by atoms with Crippen LogP contribution in [0.25, 0.3) is 0 Å². The quantitative estimate of drug-likeness (QED) is 0.578. The third-order valence-electron chi connectivity index (χ3n) is 6.49. The highest BCUT2D eigenvalue weighted by Crippen LogP contribution is 2.34. The van der Waals surface area contributed by atoms with Gasteiger partial charge in [-0.05, 0) is 37.3 Å². The van der Waals surface area contributed by atoms with Gasteiger partial charge in [-0.2, -0.15) is 0 Å². The van der Waals surface area contributed by atoms with Gasteiger partial charge in [0.2, 0.25) is 17.7 Å². The molecular weight excluding hydrogens is 366 g/mol. The molecular formula is C23H29N3O3. The first-order chi connectivity index (χ1) is 14.0. The van der Waals surface area contributed by atoms with Crippen LogP contribution in [0.15, 0.2) is 36.4 Å². The Labute approximate surface area is 172 Å². The van der Waals surface area contributed by atoms with E-state index in [4.69, 9.17) is 0 Å². The first kappa shape index (κ1) is 19.8. The molecule has 4 rings (SSSR count). The maximum atomic E-state index is 12.9. The van der Waals surface area contributed by atoms with Gasteiger partial charge in [-0.15, -0.1) is 0 Å². The summed E-state index contributed by atoms with van der Waals surface area (Å²) in [7, 11) is 0. The number of imide groups is 1. The van der Waals surface area contributed by atoms with Gasteiger partial charge in [0.05, 0.1) is 11.8 Å². The van der Waals surface area contributed by atoms with Crippen molar-refractivity contribution in [3.05, 3.63) is 47.5 Å². The Hall–Kier alpha value is -2.47. The van der Waals surface area contributed by atoms with E-state index in [1.807, 2.05) is 17.1 Å². The average molecular weight is 396 g/mol. The number of rotatable bonds is 4. The lowest BCUT2D eigenvalue weighted by molar-refractivity contribution is -0.146. The fraction of sp³-hybridized carbons (Fsp3) is 0.522. The number of benzene rings is 1. The molecule has 2 aliphatic heterocycles. The van der Waals surface area contributed by atoms with E-state index < -0.39 is 0 Å². The number of aryl methyl sites for hydroxylation is 1. The van der Waals surface area contributed by atoms with Crippen LogP contribution < -0.4 is 0 Å². The number of fused-ring (bicyclic) bond motifs is 1. The van der Waals surface area contributed by atoms with Crippen molar-refractivity contribution >= 4 is 17.7 Å². The minimum atomic E-state index is -0.269. The molecule has 6 nitrogen and oxygen atoms in total. The second-order valence-corrected chi connectivity index (χ2v) is 8.36. The van der Waals surface area contributed by atoms with Crippen molar-refractivity contribution in [3.63, 3.8) is 0 Å². The Morgan fingerprint density at radius 2 is 1.66 bits per heavy atom. The van der Waals surface area contributed by atoms with Gasteiger partial charge < -0.3 is 4.90 Å². The topological polar surface area (TPSA) is 60.9 Å². The van der Waals surface area contributed by atoms with Crippen molar-refractivity contribution in [2.45, 2.75) is 32.7 Å². The van der Waals surface area contributed by atoms with Crippen molar-refractivity contribution in [1.29, 1.82) is 0 Å². The molecule has 0 bridgehead atoms. The summed E-state index contributed by atoms with van der Waals surface area (Å²) >= 11 is 0. The summed E-state index contributed by atoms with van der Waals surface area (Å²) in [5.74, 6) is -0.999. The van der Waals surface area contributed by atoms with Crippen molar-refractivity contribution in [2.24, 2.45) is 11.8 Å². The third kappa shape index (κ3) is 4.13. The van der Waals surface area contributed by atoms with E-state index in [2.05, 4.69) is 36.1 Å². The van der Waals surface area contributed by atoms with E-state index in [0.29, 0.717) is 25.9 Å². The Morgan fingerprint density at radius 1 is 0.966 bits per heavy atom. The van der Waals surface area contributed by atoms with Crippen LogP contribution in [-0.2, 0) is 20.9 Å². The molecule has 1 aliphatic carbocycles. The maximum absolute atomic E-state index is 12.9. The van der Waals surface area contributed by atoms with Crippen molar-refractivity contribution < 1.29 is 14.4 Å². The minimum Gasteiger partial charge on any atom is -0.340 e. The van der Waals surface area contributed by atoms with E-state index in [-0.39, 0.29) is 36.1 Å². The molecule has 6 heteroatoms. The van der Waals surface area contributed by atoms with Gasteiger partial charge in [-0.1, -0.05) is 36.4 Å². The highest BCUT2D eigenvalue weighted by molar-refractivity contribution is 6.07. The zero-order valence-corrected chi connectivity index (χ0v) is 17.0. The van der Waals surface area contributed by atoms with Crippen LogP contribution in [0.1, 0.15) is 30.4 Å². The van der Waals surface area contributed by atoms with Crippen LogP contribution >= 0.6 is 0 Å². The molecule has 2 unspecified atom stereocenters. The van der Waals surface area contributed by atoms with E-state index >= 15 is 0 Å². The summed E-state index contributed by atoms with van der Waals surface area (Å²) in [6.45, 7) is 5.95. The van der Waals surface area contributed by atoms with E-state index in [0.717, 1.165) is 26.1 Å². The summed E-state index contributed by atoms with van der Waals surface area (Å²) < 4.78 is 0. The molecule has 0 N–H and O–H groups in total. The maximum Gasteiger partial charge on any atom is 0.242 e. The van der Waals surface area contributed by atoms with Gasteiger partial charge in [-0.25, -0.2) is 0 Å². The monoisotopic (exact) mass is 395 g/mol. The van der Waals surface area contributed by atoms with Crippen LogP contribution in [-0.4, -0.2) is 65.1 Å². The number of carbonyl (C=O) groups excluding carboxylic acids is 3. The average Bonchev–Trinajstić information content (AvgIpc) is 2.89. The van der Waals surface area contributed by atoms with E-state index in [9.17, 15) is 14.4 Å². The normalized spacial score (nSPS) is 25.3. The lowest BCUT2D eigenvalue weighted by Gasteiger charge is -2.24. The second-order valence-electron chi connectivity index (χ2n) is 8.36. The van der Waals surface area contributed by atoms with Crippen LogP contribution in [0, 0.1) is 18.8 Å². The predicted molar refractivity (Wildman–Crippen MR) is 110 cm³/mol. The molecule has 0 radical (unpaired) electrons. The van der Waals surface area contributed by atoms with Gasteiger partial charge in [0, 0.05) is 32.7 Å². The van der Waals surface area contributed by atoms with Gasteiger partial charge in [0.15, 0.2) is 0 Å². The Morgan fingerprint density at radius 3 is 2.34 bits per heavy atom. The molecule has 2 heterocycles. The largest absolute Gasteiger partial charge is 0.340 e. The number of hydrogen-bond donors (Lipinski definition) is 0. The van der Waals surface area contributed by atoms with Crippen molar-refractivity contribution in [1.82, 2.24) is 14.7 Å². The molecule has 3 aliphatic rings. The van der Waals surface area contributed by atoms with Gasteiger partial charge in [0.1, 0.15) is 6.54 Å². The number of amides is 3. The van der Waals surface area contributed by atoms with E-state index in [1.165, 1.54) is 16.0 Å². The Kier molecular flexibility index (Phi) is 5.81. The number of likely N-dealkylation sites (tertiary alicyclic amines) is 1. The lowest BCUT2D eigenvalue weighted by Crippen LogP contribution is -2.44. The Balaban J connectivity index is 1.34. The summed E-state index contributed by atoms with van der Waals surface area (Å²) in [6, 6.07) is 8.39. The molecule has 0 spiro atoms. The molecule has 29 heavy (non-hydrogen) atoms. The molecule has 1 aromatic rings. The fourth-order valence-electron chi connectivity index (χ4n) is 4.67. The number of allylic oxidation sites excluding steroid dienone is 2. The first-order valence-corrected chi connectivity index (χ1v) is 10.6. The predicted octanol–water partition coefficient (Wildman–Crippen LogP) is 1.98. The smallest absolute Gasteiger partial charge is 0.242 e. The van der Waals surface area contributed by atoms with Crippen LogP contribution in [0.4, 0.5) is 0 Å². The molecule has 3 amide bonds. The number of hydrogen-bond acceptors (Lipinski definition) is 4. The number of carbonyl (C=O) groups is 3. The fourth-order valence-corrected chi connectivity index (χ4v) is 4.67. The zero-order chi connectivity index (χ0) is 20.4.